The topological polar surface area (TPSA) is 46.5 Å². The minimum atomic E-state index is -0.963. The van der Waals surface area contributed by atoms with Crippen molar-refractivity contribution in [1.29, 1.82) is 0 Å². The molecule has 0 spiro atoms. The van der Waals surface area contributed by atoms with E-state index in [0.29, 0.717) is 6.29 Å². The van der Waals surface area contributed by atoms with E-state index in [2.05, 4.69) is 0 Å². The summed E-state index contributed by atoms with van der Waals surface area (Å²) in [6.45, 7) is 3.12. The molecule has 1 N–H and O–H groups in total. The van der Waals surface area contributed by atoms with E-state index in [9.17, 15) is 18.7 Å². The van der Waals surface area contributed by atoms with Crippen LogP contribution >= 0.6 is 0 Å². The number of benzene rings is 1. The first-order chi connectivity index (χ1) is 7.83. The van der Waals surface area contributed by atoms with Crippen LogP contribution in [0.4, 0.5) is 8.78 Å². The number of aldehydes is 1. The lowest BCUT2D eigenvalue weighted by molar-refractivity contribution is 0.0540. The van der Waals surface area contributed by atoms with E-state index in [1.165, 1.54) is 0 Å². The molecule has 0 amide bonds. The van der Waals surface area contributed by atoms with Gasteiger partial charge in [0.2, 0.25) is 0 Å². The van der Waals surface area contributed by atoms with Crippen molar-refractivity contribution in [2.75, 3.05) is 6.61 Å². The van der Waals surface area contributed by atoms with Crippen molar-refractivity contribution in [2.24, 2.45) is 0 Å². The fourth-order valence-electron chi connectivity index (χ4n) is 1.19. The standard InChI is InChI=1S/C12H14F2O3/c1-12(2,16)3-4-17-11-9(13)5-8(7-15)6-10(11)14/h5-7,16H,3-4H2,1-2H3. The summed E-state index contributed by atoms with van der Waals surface area (Å²) in [6.07, 6.45) is 0.591. The SMILES string of the molecule is CC(C)(O)CCOc1c(F)cc(C=O)cc1F. The fraction of sp³-hybridized carbons (Fsp3) is 0.417. The third-order valence-electron chi connectivity index (χ3n) is 2.12. The molecule has 0 heterocycles. The molecule has 0 saturated carbocycles. The van der Waals surface area contributed by atoms with Crippen LogP contribution in [-0.4, -0.2) is 23.6 Å². The van der Waals surface area contributed by atoms with Gasteiger partial charge in [0.05, 0.1) is 12.2 Å². The summed E-state index contributed by atoms with van der Waals surface area (Å²) >= 11 is 0. The number of hydrogen-bond acceptors (Lipinski definition) is 3. The molecule has 5 heteroatoms. The number of hydrogen-bond donors (Lipinski definition) is 1. The van der Waals surface area contributed by atoms with Gasteiger partial charge in [-0.05, 0) is 26.0 Å². The molecule has 1 rings (SSSR count). The molecular weight excluding hydrogens is 230 g/mol. The monoisotopic (exact) mass is 244 g/mol. The van der Waals surface area contributed by atoms with Crippen LogP contribution in [0.2, 0.25) is 0 Å². The third kappa shape index (κ3) is 4.11. The highest BCUT2D eigenvalue weighted by Gasteiger charge is 2.16. The Morgan fingerprint density at radius 2 is 1.88 bits per heavy atom. The smallest absolute Gasteiger partial charge is 0.190 e. The Labute approximate surface area is 98.0 Å². The van der Waals surface area contributed by atoms with Gasteiger partial charge in [0, 0.05) is 12.0 Å². The van der Waals surface area contributed by atoms with Crippen molar-refractivity contribution in [1.82, 2.24) is 0 Å². The normalized spacial score (nSPS) is 11.4. The molecular formula is C12H14F2O3. The van der Waals surface area contributed by atoms with Crippen molar-refractivity contribution in [3.8, 4) is 5.75 Å². The van der Waals surface area contributed by atoms with Crippen molar-refractivity contribution < 1.29 is 23.4 Å². The molecule has 0 radical (unpaired) electrons. The van der Waals surface area contributed by atoms with E-state index in [0.717, 1.165) is 12.1 Å². The van der Waals surface area contributed by atoms with Crippen molar-refractivity contribution in [3.05, 3.63) is 29.3 Å². The summed E-state index contributed by atoms with van der Waals surface area (Å²) < 4.78 is 31.6. The Bertz CT molecular complexity index is 388. The molecule has 0 aliphatic heterocycles. The molecule has 1 aromatic carbocycles. The number of aliphatic hydroxyl groups is 1. The van der Waals surface area contributed by atoms with Crippen molar-refractivity contribution >= 4 is 6.29 Å². The Kier molecular flexibility index (Phi) is 4.17. The molecule has 3 nitrogen and oxygen atoms in total. The minimum absolute atomic E-state index is 0.0161. The summed E-state index contributed by atoms with van der Waals surface area (Å²) in [4.78, 5) is 10.4. The summed E-state index contributed by atoms with van der Waals surface area (Å²) in [7, 11) is 0. The van der Waals surface area contributed by atoms with E-state index in [4.69, 9.17) is 4.74 Å². The Morgan fingerprint density at radius 3 is 2.29 bits per heavy atom. The zero-order valence-corrected chi connectivity index (χ0v) is 9.67. The maximum atomic E-state index is 13.3. The number of carbonyl (C=O) groups excluding carboxylic acids is 1. The first-order valence-electron chi connectivity index (χ1n) is 5.13. The fourth-order valence-corrected chi connectivity index (χ4v) is 1.19. The van der Waals surface area contributed by atoms with Gasteiger partial charge in [-0.1, -0.05) is 0 Å². The predicted octanol–water partition coefficient (Wildman–Crippen LogP) is 2.32. The van der Waals surface area contributed by atoms with Crippen LogP contribution in [-0.2, 0) is 0 Å². The van der Waals surface area contributed by atoms with Gasteiger partial charge in [0.1, 0.15) is 6.29 Å². The lowest BCUT2D eigenvalue weighted by Crippen LogP contribution is -2.22. The maximum Gasteiger partial charge on any atom is 0.190 e. The largest absolute Gasteiger partial charge is 0.487 e. The second kappa shape index (κ2) is 5.23. The molecule has 0 aromatic heterocycles. The van der Waals surface area contributed by atoms with Crippen LogP contribution in [0.25, 0.3) is 0 Å². The van der Waals surface area contributed by atoms with Crippen molar-refractivity contribution in [3.63, 3.8) is 0 Å². The van der Waals surface area contributed by atoms with E-state index in [1.807, 2.05) is 0 Å². The first kappa shape index (κ1) is 13.6. The van der Waals surface area contributed by atoms with Gasteiger partial charge < -0.3 is 9.84 Å². The highest BCUT2D eigenvalue weighted by atomic mass is 19.1. The number of halogens is 2. The lowest BCUT2D eigenvalue weighted by Gasteiger charge is -2.17. The Morgan fingerprint density at radius 1 is 1.35 bits per heavy atom. The van der Waals surface area contributed by atoms with E-state index >= 15 is 0 Å². The van der Waals surface area contributed by atoms with Gasteiger partial charge in [0.25, 0.3) is 0 Å². The first-order valence-corrected chi connectivity index (χ1v) is 5.13. The summed E-state index contributed by atoms with van der Waals surface area (Å²) in [5, 5.41) is 9.40. The number of rotatable bonds is 5. The molecule has 0 unspecified atom stereocenters. The minimum Gasteiger partial charge on any atom is -0.487 e. The molecule has 0 atom stereocenters. The van der Waals surface area contributed by atoms with Gasteiger partial charge in [-0.3, -0.25) is 4.79 Å². The Balaban J connectivity index is 2.75. The molecule has 0 fully saturated rings. The van der Waals surface area contributed by atoms with Gasteiger partial charge in [0.15, 0.2) is 17.4 Å². The second-order valence-electron chi connectivity index (χ2n) is 4.34. The van der Waals surface area contributed by atoms with Gasteiger partial charge in [-0.2, -0.15) is 0 Å². The molecule has 0 aliphatic carbocycles. The summed E-state index contributed by atoms with van der Waals surface area (Å²) in [5.41, 5.74) is -1.05. The highest BCUT2D eigenvalue weighted by Crippen LogP contribution is 2.23. The van der Waals surface area contributed by atoms with Crippen LogP contribution < -0.4 is 4.74 Å². The lowest BCUT2D eigenvalue weighted by atomic mass is 10.1. The van der Waals surface area contributed by atoms with Crippen LogP contribution in [0, 0.1) is 11.6 Å². The van der Waals surface area contributed by atoms with E-state index in [1.54, 1.807) is 13.8 Å². The molecule has 0 bridgehead atoms. The van der Waals surface area contributed by atoms with Crippen LogP contribution in [0.1, 0.15) is 30.6 Å². The third-order valence-corrected chi connectivity index (χ3v) is 2.12. The maximum absolute atomic E-state index is 13.3. The predicted molar refractivity (Wildman–Crippen MR) is 58.2 cm³/mol. The Hall–Kier alpha value is -1.49. The number of ether oxygens (including phenoxy) is 1. The van der Waals surface area contributed by atoms with Gasteiger partial charge in [-0.25, -0.2) is 8.78 Å². The highest BCUT2D eigenvalue weighted by molar-refractivity contribution is 5.75. The number of carbonyl (C=O) groups is 1. The van der Waals surface area contributed by atoms with Crippen LogP contribution in [0.15, 0.2) is 12.1 Å². The molecule has 94 valence electrons. The van der Waals surface area contributed by atoms with Crippen LogP contribution in [0.3, 0.4) is 0 Å². The van der Waals surface area contributed by atoms with Gasteiger partial charge >= 0.3 is 0 Å². The summed E-state index contributed by atoms with van der Waals surface area (Å²) in [5.74, 6) is -2.38. The van der Waals surface area contributed by atoms with E-state index < -0.39 is 23.0 Å². The second-order valence-corrected chi connectivity index (χ2v) is 4.34. The zero-order chi connectivity index (χ0) is 13.1. The molecule has 17 heavy (non-hydrogen) atoms. The van der Waals surface area contributed by atoms with Crippen molar-refractivity contribution in [2.45, 2.75) is 25.9 Å². The summed E-state index contributed by atoms with van der Waals surface area (Å²) in [6, 6.07) is 1.80. The average Bonchev–Trinajstić information content (AvgIpc) is 2.20. The zero-order valence-electron chi connectivity index (χ0n) is 9.67. The molecule has 1 aromatic rings. The van der Waals surface area contributed by atoms with E-state index in [-0.39, 0.29) is 18.6 Å². The van der Waals surface area contributed by atoms with Gasteiger partial charge in [-0.15, -0.1) is 0 Å². The molecule has 0 aliphatic rings. The van der Waals surface area contributed by atoms with Crippen LogP contribution in [0.5, 0.6) is 5.75 Å². The quantitative estimate of drug-likeness (QED) is 0.808. The average molecular weight is 244 g/mol. The molecule has 0 saturated heterocycles.